The molecule has 2 aromatic rings. The predicted octanol–water partition coefficient (Wildman–Crippen LogP) is 4.83. The van der Waals surface area contributed by atoms with E-state index >= 15 is 0 Å². The second-order valence-corrected chi connectivity index (χ2v) is 5.81. The van der Waals surface area contributed by atoms with Gasteiger partial charge in [-0.15, -0.1) is 0 Å². The summed E-state index contributed by atoms with van der Waals surface area (Å²) in [6.07, 6.45) is 0.894. The summed E-state index contributed by atoms with van der Waals surface area (Å²) in [6, 6.07) is 11.6. The average Bonchev–Trinajstić information content (AvgIpc) is 2.45. The normalized spacial score (nSPS) is 17.2. The number of aryl methyl sites for hydroxylation is 1. The van der Waals surface area contributed by atoms with Crippen LogP contribution in [0.5, 0.6) is 5.75 Å². The molecule has 0 saturated heterocycles. The average molecular weight is 336 g/mol. The number of rotatable bonds is 2. The van der Waals surface area contributed by atoms with Crippen molar-refractivity contribution in [2.75, 3.05) is 11.9 Å². The van der Waals surface area contributed by atoms with E-state index in [9.17, 15) is 4.39 Å². The van der Waals surface area contributed by atoms with Gasteiger partial charge in [-0.25, -0.2) is 4.39 Å². The Morgan fingerprint density at radius 2 is 2.10 bits per heavy atom. The Labute approximate surface area is 126 Å². The Morgan fingerprint density at radius 3 is 2.95 bits per heavy atom. The molecule has 20 heavy (non-hydrogen) atoms. The van der Waals surface area contributed by atoms with Gasteiger partial charge in [0.2, 0.25) is 0 Å². The number of hydrogen-bond acceptors (Lipinski definition) is 2. The van der Waals surface area contributed by atoms with Gasteiger partial charge in [0, 0.05) is 17.7 Å². The van der Waals surface area contributed by atoms with Crippen LogP contribution in [0.1, 0.15) is 23.6 Å². The molecule has 0 radical (unpaired) electrons. The molecular weight excluding hydrogens is 321 g/mol. The number of benzene rings is 2. The molecule has 1 unspecified atom stereocenters. The van der Waals surface area contributed by atoms with Crippen molar-refractivity contribution in [2.24, 2.45) is 0 Å². The summed E-state index contributed by atoms with van der Waals surface area (Å²) in [4.78, 5) is 0. The molecule has 104 valence electrons. The van der Waals surface area contributed by atoms with Crippen molar-refractivity contribution in [1.29, 1.82) is 0 Å². The molecule has 0 amide bonds. The van der Waals surface area contributed by atoms with E-state index in [0.717, 1.165) is 29.0 Å². The van der Waals surface area contributed by atoms with Crippen LogP contribution in [-0.4, -0.2) is 6.61 Å². The molecule has 1 aliphatic rings. The number of halogens is 2. The summed E-state index contributed by atoms with van der Waals surface area (Å²) < 4.78 is 19.6. The highest BCUT2D eigenvalue weighted by Gasteiger charge is 2.21. The highest BCUT2D eigenvalue weighted by molar-refractivity contribution is 9.10. The van der Waals surface area contributed by atoms with Crippen molar-refractivity contribution in [2.45, 2.75) is 19.4 Å². The molecular formula is C16H15BrFNO. The zero-order valence-electron chi connectivity index (χ0n) is 11.1. The van der Waals surface area contributed by atoms with E-state index in [4.69, 9.17) is 4.74 Å². The van der Waals surface area contributed by atoms with E-state index in [1.54, 1.807) is 6.07 Å². The van der Waals surface area contributed by atoms with Gasteiger partial charge in [0.1, 0.15) is 11.6 Å². The van der Waals surface area contributed by atoms with Crippen LogP contribution >= 0.6 is 15.9 Å². The topological polar surface area (TPSA) is 21.3 Å². The quantitative estimate of drug-likeness (QED) is 0.848. The molecule has 0 aliphatic carbocycles. The fourth-order valence-corrected chi connectivity index (χ4v) is 2.82. The second-order valence-electron chi connectivity index (χ2n) is 4.95. The summed E-state index contributed by atoms with van der Waals surface area (Å²) in [5, 5.41) is 3.50. The summed E-state index contributed by atoms with van der Waals surface area (Å²) >= 11 is 3.24. The standard InChI is InChI=1S/C16H15BrFNO/c1-10-8-13(18)12(17)9-15(10)19-14-6-7-20-16-5-3-2-4-11(14)16/h2-5,8-9,14,19H,6-7H2,1H3. The minimum absolute atomic E-state index is 0.191. The van der Waals surface area contributed by atoms with Gasteiger partial charge in [0.25, 0.3) is 0 Å². The maximum atomic E-state index is 13.5. The predicted molar refractivity (Wildman–Crippen MR) is 81.8 cm³/mol. The van der Waals surface area contributed by atoms with E-state index in [1.807, 2.05) is 25.1 Å². The van der Waals surface area contributed by atoms with E-state index in [2.05, 4.69) is 27.3 Å². The van der Waals surface area contributed by atoms with Gasteiger partial charge < -0.3 is 10.1 Å². The van der Waals surface area contributed by atoms with Crippen molar-refractivity contribution >= 4 is 21.6 Å². The molecule has 1 atom stereocenters. The lowest BCUT2D eigenvalue weighted by Crippen LogP contribution is -2.20. The van der Waals surface area contributed by atoms with Gasteiger partial charge in [-0.3, -0.25) is 0 Å². The summed E-state index contributed by atoms with van der Waals surface area (Å²) in [5.41, 5.74) is 2.99. The van der Waals surface area contributed by atoms with Crippen molar-refractivity contribution in [1.82, 2.24) is 0 Å². The monoisotopic (exact) mass is 335 g/mol. The lowest BCUT2D eigenvalue weighted by molar-refractivity contribution is 0.274. The lowest BCUT2D eigenvalue weighted by Gasteiger charge is -2.28. The highest BCUT2D eigenvalue weighted by atomic mass is 79.9. The Hall–Kier alpha value is -1.55. The van der Waals surface area contributed by atoms with Crippen LogP contribution in [0.3, 0.4) is 0 Å². The third-order valence-electron chi connectivity index (χ3n) is 3.56. The molecule has 0 aromatic heterocycles. The second kappa shape index (κ2) is 5.44. The fourth-order valence-electron chi connectivity index (χ4n) is 2.48. The van der Waals surface area contributed by atoms with E-state index in [-0.39, 0.29) is 11.9 Å². The zero-order valence-corrected chi connectivity index (χ0v) is 12.7. The van der Waals surface area contributed by atoms with Gasteiger partial charge in [0.05, 0.1) is 17.1 Å². The van der Waals surface area contributed by atoms with Gasteiger partial charge in [-0.05, 0) is 46.6 Å². The fraction of sp³-hybridized carbons (Fsp3) is 0.250. The summed E-state index contributed by atoms with van der Waals surface area (Å²) in [5.74, 6) is 0.690. The molecule has 0 spiro atoms. The number of fused-ring (bicyclic) bond motifs is 1. The smallest absolute Gasteiger partial charge is 0.137 e. The Morgan fingerprint density at radius 1 is 1.30 bits per heavy atom. The largest absolute Gasteiger partial charge is 0.493 e. The van der Waals surface area contributed by atoms with Gasteiger partial charge in [-0.1, -0.05) is 18.2 Å². The molecule has 1 N–H and O–H groups in total. The van der Waals surface area contributed by atoms with Crippen molar-refractivity contribution in [3.63, 3.8) is 0 Å². The van der Waals surface area contributed by atoms with E-state index < -0.39 is 0 Å². The lowest BCUT2D eigenvalue weighted by atomic mass is 10.00. The number of hydrogen-bond donors (Lipinski definition) is 1. The first-order valence-electron chi connectivity index (χ1n) is 6.59. The van der Waals surface area contributed by atoms with Crippen LogP contribution in [0, 0.1) is 12.7 Å². The van der Waals surface area contributed by atoms with Gasteiger partial charge in [0.15, 0.2) is 0 Å². The molecule has 1 aliphatic heterocycles. The number of anilines is 1. The Bertz CT molecular complexity index is 644. The molecule has 2 aromatic carbocycles. The minimum Gasteiger partial charge on any atom is -0.493 e. The van der Waals surface area contributed by atoms with Crippen LogP contribution in [-0.2, 0) is 0 Å². The molecule has 2 nitrogen and oxygen atoms in total. The molecule has 0 fully saturated rings. The maximum absolute atomic E-state index is 13.5. The number of ether oxygens (including phenoxy) is 1. The van der Waals surface area contributed by atoms with E-state index in [1.165, 1.54) is 6.07 Å². The highest BCUT2D eigenvalue weighted by Crippen LogP contribution is 2.35. The molecule has 4 heteroatoms. The SMILES string of the molecule is Cc1cc(F)c(Br)cc1NC1CCOc2ccccc21. The van der Waals surface area contributed by atoms with Gasteiger partial charge in [-0.2, -0.15) is 0 Å². The molecule has 1 heterocycles. The third kappa shape index (κ3) is 2.52. The summed E-state index contributed by atoms with van der Waals surface area (Å²) in [6.45, 7) is 2.60. The summed E-state index contributed by atoms with van der Waals surface area (Å²) in [7, 11) is 0. The van der Waals surface area contributed by atoms with Crippen molar-refractivity contribution in [3.05, 3.63) is 57.8 Å². The maximum Gasteiger partial charge on any atom is 0.137 e. The third-order valence-corrected chi connectivity index (χ3v) is 4.16. The molecule has 0 bridgehead atoms. The van der Waals surface area contributed by atoms with Crippen LogP contribution in [0.2, 0.25) is 0 Å². The molecule has 0 saturated carbocycles. The van der Waals surface area contributed by atoms with Crippen LogP contribution in [0.4, 0.5) is 10.1 Å². The first kappa shape index (κ1) is 13.4. The number of nitrogens with one attached hydrogen (secondary N) is 1. The zero-order chi connectivity index (χ0) is 14.1. The Kier molecular flexibility index (Phi) is 3.66. The minimum atomic E-state index is -0.236. The van der Waals surface area contributed by atoms with Crippen LogP contribution in [0.25, 0.3) is 0 Å². The van der Waals surface area contributed by atoms with Crippen LogP contribution in [0.15, 0.2) is 40.9 Å². The number of para-hydroxylation sites is 1. The molecule has 3 rings (SSSR count). The van der Waals surface area contributed by atoms with Crippen LogP contribution < -0.4 is 10.1 Å². The van der Waals surface area contributed by atoms with E-state index in [0.29, 0.717) is 11.1 Å². The van der Waals surface area contributed by atoms with Crippen molar-refractivity contribution in [3.8, 4) is 5.75 Å². The van der Waals surface area contributed by atoms with Crippen molar-refractivity contribution < 1.29 is 9.13 Å². The Balaban J connectivity index is 1.91. The first-order valence-corrected chi connectivity index (χ1v) is 7.38. The van der Waals surface area contributed by atoms with Gasteiger partial charge >= 0.3 is 0 Å². The first-order chi connectivity index (χ1) is 9.65.